The normalized spacial score (nSPS) is 18.3. The molecule has 0 aromatic heterocycles. The first-order valence-electron chi connectivity index (χ1n) is 12.3. The number of unbranched alkanes of at least 4 members (excludes halogenated alkanes) is 2. The van der Waals surface area contributed by atoms with Crippen LogP contribution in [-0.4, -0.2) is 37.4 Å². The van der Waals surface area contributed by atoms with Crippen LogP contribution in [0.1, 0.15) is 50.7 Å². The summed E-state index contributed by atoms with van der Waals surface area (Å²) in [6, 6.07) is 11.9. The van der Waals surface area contributed by atoms with Crippen LogP contribution in [0.4, 0.5) is 0 Å². The standard InChI is InChI=1S/C28H30O6/c1-3-5-13-31-27(29)21-15-17-9-7-12-20-23(17)25(33-21)19-11-8-10-18-16-22(34-26(20)24(18)19)28(30)32-14-6-4-2/h7-12,21-22H,3-6,13-16H2,1-2H3. The van der Waals surface area contributed by atoms with Crippen molar-refractivity contribution in [2.24, 2.45) is 0 Å². The van der Waals surface area contributed by atoms with E-state index in [4.69, 9.17) is 18.9 Å². The van der Waals surface area contributed by atoms with Gasteiger partial charge >= 0.3 is 11.9 Å². The van der Waals surface area contributed by atoms with Crippen molar-refractivity contribution in [2.45, 2.75) is 64.6 Å². The molecule has 2 unspecified atom stereocenters. The Morgan fingerprint density at radius 2 is 1.21 bits per heavy atom. The zero-order chi connectivity index (χ0) is 23.7. The maximum Gasteiger partial charge on any atom is 0.347 e. The predicted molar refractivity (Wildman–Crippen MR) is 129 cm³/mol. The number of carbonyl (C=O) groups excluding carboxylic acids is 2. The molecule has 0 N–H and O–H groups in total. The summed E-state index contributed by atoms with van der Waals surface area (Å²) < 4.78 is 23.5. The van der Waals surface area contributed by atoms with Gasteiger partial charge in [0, 0.05) is 34.4 Å². The Labute approximate surface area is 199 Å². The number of benzene rings is 3. The van der Waals surface area contributed by atoms with E-state index in [0.717, 1.165) is 58.4 Å². The molecule has 3 aromatic carbocycles. The minimum Gasteiger partial charge on any atom is -0.477 e. The highest BCUT2D eigenvalue weighted by Gasteiger charge is 2.35. The molecule has 2 heterocycles. The fourth-order valence-electron chi connectivity index (χ4n) is 4.82. The lowest BCUT2D eigenvalue weighted by atomic mass is 9.88. The molecule has 0 fully saturated rings. The van der Waals surface area contributed by atoms with Gasteiger partial charge in [0.1, 0.15) is 11.5 Å². The van der Waals surface area contributed by atoms with Gasteiger partial charge in [0.25, 0.3) is 0 Å². The third-order valence-corrected chi connectivity index (χ3v) is 6.59. The van der Waals surface area contributed by atoms with E-state index in [1.54, 1.807) is 0 Å². The van der Waals surface area contributed by atoms with Crippen LogP contribution in [0.5, 0.6) is 11.5 Å². The summed E-state index contributed by atoms with van der Waals surface area (Å²) in [4.78, 5) is 25.5. The third kappa shape index (κ3) is 3.95. The van der Waals surface area contributed by atoms with Crippen molar-refractivity contribution in [3.05, 3.63) is 47.5 Å². The molecule has 0 radical (unpaired) electrons. The topological polar surface area (TPSA) is 71.1 Å². The summed E-state index contributed by atoms with van der Waals surface area (Å²) >= 11 is 0. The molecule has 178 valence electrons. The van der Waals surface area contributed by atoms with Crippen LogP contribution < -0.4 is 9.47 Å². The van der Waals surface area contributed by atoms with Gasteiger partial charge in [0.2, 0.25) is 0 Å². The summed E-state index contributed by atoms with van der Waals surface area (Å²) in [6.07, 6.45) is 3.09. The average Bonchev–Trinajstić information content (AvgIpc) is 2.86. The lowest BCUT2D eigenvalue weighted by Crippen LogP contribution is -2.35. The van der Waals surface area contributed by atoms with Crippen molar-refractivity contribution in [3.8, 4) is 11.5 Å². The number of ether oxygens (including phenoxy) is 4. The quantitative estimate of drug-likeness (QED) is 0.257. The van der Waals surface area contributed by atoms with Gasteiger partial charge < -0.3 is 18.9 Å². The van der Waals surface area contributed by atoms with Crippen molar-refractivity contribution in [3.63, 3.8) is 0 Å². The van der Waals surface area contributed by atoms with Gasteiger partial charge in [-0.15, -0.1) is 0 Å². The second-order valence-electron chi connectivity index (χ2n) is 9.00. The van der Waals surface area contributed by atoms with Crippen LogP contribution in [-0.2, 0) is 31.9 Å². The minimum atomic E-state index is -0.683. The molecule has 0 saturated carbocycles. The molecular formula is C28H30O6. The Kier molecular flexibility index (Phi) is 6.31. The van der Waals surface area contributed by atoms with E-state index in [-0.39, 0.29) is 11.9 Å². The smallest absolute Gasteiger partial charge is 0.347 e. The van der Waals surface area contributed by atoms with Gasteiger partial charge in [0.05, 0.1) is 13.2 Å². The lowest BCUT2D eigenvalue weighted by Gasteiger charge is -2.31. The van der Waals surface area contributed by atoms with E-state index in [1.165, 1.54) is 0 Å². The highest BCUT2D eigenvalue weighted by Crippen LogP contribution is 2.49. The first kappa shape index (κ1) is 22.5. The Morgan fingerprint density at radius 1 is 0.765 bits per heavy atom. The first-order valence-corrected chi connectivity index (χ1v) is 12.3. The molecule has 6 nitrogen and oxygen atoms in total. The fourth-order valence-corrected chi connectivity index (χ4v) is 4.82. The molecule has 2 aliphatic heterocycles. The monoisotopic (exact) mass is 462 g/mol. The Balaban J connectivity index is 1.55. The Hall–Kier alpha value is -3.28. The van der Waals surface area contributed by atoms with Gasteiger partial charge in [-0.2, -0.15) is 0 Å². The molecule has 0 aliphatic carbocycles. The first-order chi connectivity index (χ1) is 16.6. The highest BCUT2D eigenvalue weighted by molar-refractivity contribution is 6.14. The number of esters is 2. The lowest BCUT2D eigenvalue weighted by molar-refractivity contribution is -0.153. The summed E-state index contributed by atoms with van der Waals surface area (Å²) in [5.41, 5.74) is 2.02. The van der Waals surface area contributed by atoms with Crippen molar-refractivity contribution in [1.82, 2.24) is 0 Å². The average molecular weight is 463 g/mol. The second-order valence-corrected chi connectivity index (χ2v) is 9.00. The van der Waals surface area contributed by atoms with E-state index >= 15 is 0 Å². The van der Waals surface area contributed by atoms with Crippen LogP contribution >= 0.6 is 0 Å². The van der Waals surface area contributed by atoms with E-state index in [9.17, 15) is 9.59 Å². The Morgan fingerprint density at radius 3 is 1.62 bits per heavy atom. The fraction of sp³-hybridized carbons (Fsp3) is 0.429. The number of rotatable bonds is 8. The molecule has 2 atom stereocenters. The SMILES string of the molecule is CCCCOC(=O)C1Cc2cccc3c4c5c(cccc5c(c23)O1)CC(C(=O)OCCCC)O4. The zero-order valence-electron chi connectivity index (χ0n) is 19.7. The predicted octanol–water partition coefficient (Wildman–Crippen LogP) is 5.29. The second kappa shape index (κ2) is 9.53. The molecule has 3 aromatic rings. The van der Waals surface area contributed by atoms with Crippen molar-refractivity contribution >= 4 is 33.5 Å². The van der Waals surface area contributed by atoms with Crippen LogP contribution in [0.2, 0.25) is 0 Å². The van der Waals surface area contributed by atoms with E-state index in [0.29, 0.717) is 37.6 Å². The molecule has 2 aliphatic rings. The van der Waals surface area contributed by atoms with Crippen LogP contribution in [0, 0.1) is 0 Å². The summed E-state index contributed by atoms with van der Waals surface area (Å²) in [7, 11) is 0. The van der Waals surface area contributed by atoms with Crippen LogP contribution in [0.15, 0.2) is 36.4 Å². The van der Waals surface area contributed by atoms with Crippen LogP contribution in [0.3, 0.4) is 0 Å². The largest absolute Gasteiger partial charge is 0.477 e. The van der Waals surface area contributed by atoms with Gasteiger partial charge in [-0.25, -0.2) is 9.59 Å². The van der Waals surface area contributed by atoms with E-state index < -0.39 is 12.2 Å². The minimum absolute atomic E-state index is 0.331. The van der Waals surface area contributed by atoms with E-state index in [2.05, 4.69) is 13.8 Å². The van der Waals surface area contributed by atoms with Crippen molar-refractivity contribution < 1.29 is 28.5 Å². The summed E-state index contributed by atoms with van der Waals surface area (Å²) in [5, 5.41) is 3.63. The molecular weight excluding hydrogens is 432 g/mol. The molecule has 0 bridgehead atoms. The number of hydrogen-bond acceptors (Lipinski definition) is 6. The molecule has 6 heteroatoms. The zero-order valence-corrected chi connectivity index (χ0v) is 19.7. The van der Waals surface area contributed by atoms with Gasteiger partial charge in [0.15, 0.2) is 12.2 Å². The summed E-state index contributed by atoms with van der Waals surface area (Å²) in [6.45, 7) is 4.93. The maximum absolute atomic E-state index is 12.7. The maximum atomic E-state index is 12.7. The van der Waals surface area contributed by atoms with Gasteiger partial charge in [-0.1, -0.05) is 63.1 Å². The molecule has 5 rings (SSSR count). The molecule has 0 spiro atoms. The number of fused-ring (bicyclic) bond motifs is 2. The van der Waals surface area contributed by atoms with E-state index in [1.807, 2.05) is 36.4 Å². The number of carbonyl (C=O) groups is 2. The van der Waals surface area contributed by atoms with Crippen molar-refractivity contribution in [1.29, 1.82) is 0 Å². The molecule has 34 heavy (non-hydrogen) atoms. The Bertz CT molecular complexity index is 1150. The van der Waals surface area contributed by atoms with Crippen LogP contribution in [0.25, 0.3) is 21.5 Å². The van der Waals surface area contributed by atoms with Gasteiger partial charge in [-0.05, 0) is 24.0 Å². The van der Waals surface area contributed by atoms with Gasteiger partial charge in [-0.3, -0.25) is 0 Å². The third-order valence-electron chi connectivity index (χ3n) is 6.59. The number of hydrogen-bond donors (Lipinski definition) is 0. The molecule has 0 amide bonds. The summed E-state index contributed by atoms with van der Waals surface area (Å²) in [5.74, 6) is 0.704. The highest BCUT2D eigenvalue weighted by atomic mass is 16.6. The van der Waals surface area contributed by atoms with Crippen molar-refractivity contribution in [2.75, 3.05) is 13.2 Å². The molecule has 0 saturated heterocycles.